The average molecular weight is 254 g/mol. The van der Waals surface area contributed by atoms with Crippen LogP contribution in [-0.4, -0.2) is 23.3 Å². The third-order valence-corrected chi connectivity index (χ3v) is 2.99. The number of benzene rings is 1. The quantitative estimate of drug-likeness (QED) is 0.470. The van der Waals surface area contributed by atoms with Crippen LogP contribution >= 0.6 is 0 Å². The highest BCUT2D eigenvalue weighted by molar-refractivity contribution is 6.21. The van der Waals surface area contributed by atoms with Crippen LogP contribution in [0.25, 0.3) is 0 Å². The first-order valence-electron chi connectivity index (χ1n) is 6.46. The topological polar surface area (TPSA) is 37.4 Å². The van der Waals surface area contributed by atoms with Crippen LogP contribution in [-0.2, 0) is 0 Å². The zero-order valence-corrected chi connectivity index (χ0v) is 10.8. The summed E-state index contributed by atoms with van der Waals surface area (Å²) in [7, 11) is 0. The summed E-state index contributed by atoms with van der Waals surface area (Å²) in [6, 6.07) is 6.95. The molecule has 19 heavy (non-hydrogen) atoms. The molecule has 0 atom stereocenters. The number of hydrogen-bond acceptors (Lipinski definition) is 2. The number of imide groups is 1. The van der Waals surface area contributed by atoms with Crippen molar-refractivity contribution in [3.63, 3.8) is 0 Å². The Morgan fingerprint density at radius 1 is 1.00 bits per heavy atom. The lowest BCUT2D eigenvalue weighted by Crippen LogP contribution is -2.30. The van der Waals surface area contributed by atoms with Crippen molar-refractivity contribution in [2.75, 3.05) is 6.54 Å². The highest BCUT2D eigenvalue weighted by Gasteiger charge is 2.34. The van der Waals surface area contributed by atoms with E-state index in [-0.39, 0.29) is 11.8 Å². The molecule has 3 heteroatoms. The van der Waals surface area contributed by atoms with Crippen LogP contribution in [0, 0.1) is 18.8 Å². The number of carbonyl (C=O) groups is 2. The fourth-order valence-corrected chi connectivity index (χ4v) is 2.03. The minimum absolute atomic E-state index is 0.189. The Balaban J connectivity index is 1.92. The van der Waals surface area contributed by atoms with Crippen LogP contribution in [0.4, 0.5) is 0 Å². The Bertz CT molecular complexity index is 516. The summed E-state index contributed by atoms with van der Waals surface area (Å²) < 4.78 is 0. The molecule has 1 aliphatic rings. The summed E-state index contributed by atoms with van der Waals surface area (Å²) >= 11 is 0. The van der Waals surface area contributed by atoms with E-state index < -0.39 is 0 Å². The van der Waals surface area contributed by atoms with Crippen LogP contribution < -0.4 is 0 Å². The molecule has 2 amide bonds. The number of nitrogens with zero attached hydrogens (tertiary/aromatic N) is 1. The molecule has 0 saturated carbocycles. The van der Waals surface area contributed by atoms with E-state index in [2.05, 4.69) is 18.8 Å². The normalized spacial score (nSPS) is 13.2. The van der Waals surface area contributed by atoms with Gasteiger partial charge in [0.1, 0.15) is 0 Å². The Morgan fingerprint density at radius 2 is 1.58 bits per heavy atom. The van der Waals surface area contributed by atoms with Crippen molar-refractivity contribution >= 4 is 11.8 Å². The smallest absolute Gasteiger partial charge is 0.261 e. The lowest BCUT2D eigenvalue weighted by atomic mass is 10.1. The van der Waals surface area contributed by atoms with Crippen LogP contribution in [0.5, 0.6) is 0 Å². The van der Waals surface area contributed by atoms with E-state index in [9.17, 15) is 9.59 Å². The van der Waals surface area contributed by atoms with E-state index >= 15 is 0 Å². The average Bonchev–Trinajstić information content (AvgIpc) is 2.68. The molecule has 1 aliphatic heterocycles. The minimum atomic E-state index is -0.189. The fraction of sp³-hybridized carbons (Fsp3) is 0.312. The monoisotopic (exact) mass is 254 g/mol. The number of hydrogen-bond donors (Lipinski definition) is 0. The first kappa shape index (κ1) is 13.4. The maximum absolute atomic E-state index is 12.0. The number of fused-ring (bicyclic) bond motifs is 1. The molecule has 0 aliphatic carbocycles. The molecular formula is C16H16NO2. The molecule has 0 fully saturated rings. The molecule has 1 aromatic carbocycles. The summed E-state index contributed by atoms with van der Waals surface area (Å²) in [4.78, 5) is 25.4. The zero-order chi connectivity index (χ0) is 13.7. The maximum atomic E-state index is 12.0. The molecular weight excluding hydrogens is 238 g/mol. The maximum Gasteiger partial charge on any atom is 0.261 e. The van der Waals surface area contributed by atoms with E-state index in [0.29, 0.717) is 24.1 Å². The van der Waals surface area contributed by atoms with Gasteiger partial charge in [-0.15, -0.1) is 11.8 Å². The van der Waals surface area contributed by atoms with Crippen molar-refractivity contribution in [2.45, 2.75) is 25.7 Å². The first-order chi connectivity index (χ1) is 9.25. The van der Waals surface area contributed by atoms with Crippen LogP contribution in [0.1, 0.15) is 46.4 Å². The molecule has 1 radical (unpaired) electrons. The summed E-state index contributed by atoms with van der Waals surface area (Å²) in [5, 5.41) is 0. The van der Waals surface area contributed by atoms with Crippen molar-refractivity contribution in [3.8, 4) is 11.8 Å². The molecule has 1 heterocycles. The molecule has 1 aromatic rings. The minimum Gasteiger partial charge on any atom is -0.274 e. The van der Waals surface area contributed by atoms with Crippen molar-refractivity contribution in [3.05, 3.63) is 42.3 Å². The van der Waals surface area contributed by atoms with Gasteiger partial charge in [0.15, 0.2) is 0 Å². The molecule has 97 valence electrons. The van der Waals surface area contributed by atoms with Crippen molar-refractivity contribution in [2.24, 2.45) is 0 Å². The third kappa shape index (κ3) is 2.85. The third-order valence-electron chi connectivity index (χ3n) is 2.99. The van der Waals surface area contributed by atoms with Gasteiger partial charge in [-0.3, -0.25) is 14.5 Å². The predicted molar refractivity (Wildman–Crippen MR) is 73.4 cm³/mol. The molecule has 0 saturated heterocycles. The fourth-order valence-electron chi connectivity index (χ4n) is 2.03. The summed E-state index contributed by atoms with van der Waals surface area (Å²) in [5.74, 6) is 5.64. The van der Waals surface area contributed by atoms with Gasteiger partial charge < -0.3 is 0 Å². The Labute approximate surface area is 113 Å². The van der Waals surface area contributed by atoms with Gasteiger partial charge in [0.25, 0.3) is 11.8 Å². The van der Waals surface area contributed by atoms with Gasteiger partial charge in [-0.25, -0.2) is 0 Å². The largest absolute Gasteiger partial charge is 0.274 e. The van der Waals surface area contributed by atoms with Gasteiger partial charge in [-0.05, 0) is 25.0 Å². The summed E-state index contributed by atoms with van der Waals surface area (Å²) in [6.45, 7) is 4.15. The molecule has 0 bridgehead atoms. The second-order valence-corrected chi connectivity index (χ2v) is 4.37. The second-order valence-electron chi connectivity index (χ2n) is 4.37. The zero-order valence-electron chi connectivity index (χ0n) is 10.8. The number of carbonyl (C=O) groups excluding carboxylic acids is 2. The number of rotatable bonds is 4. The van der Waals surface area contributed by atoms with Gasteiger partial charge in [0.2, 0.25) is 0 Å². The molecule has 0 N–H and O–H groups in total. The van der Waals surface area contributed by atoms with E-state index in [1.165, 1.54) is 4.90 Å². The molecule has 2 rings (SSSR count). The Kier molecular flexibility index (Phi) is 4.35. The molecule has 0 aromatic heterocycles. The first-order valence-corrected chi connectivity index (χ1v) is 6.46. The SMILES string of the molecule is [CH2]CCC#CCCCN1C(=O)c2ccccc2C1=O. The number of unbranched alkanes of at least 4 members (excludes halogenated alkanes) is 2. The van der Waals surface area contributed by atoms with E-state index in [1.54, 1.807) is 24.3 Å². The van der Waals surface area contributed by atoms with Gasteiger partial charge in [0, 0.05) is 19.4 Å². The van der Waals surface area contributed by atoms with Crippen LogP contribution in [0.15, 0.2) is 24.3 Å². The van der Waals surface area contributed by atoms with Gasteiger partial charge >= 0.3 is 0 Å². The second kappa shape index (κ2) is 6.19. The van der Waals surface area contributed by atoms with Crippen molar-refractivity contribution in [1.82, 2.24) is 4.90 Å². The predicted octanol–water partition coefficient (Wildman–Crippen LogP) is 2.68. The highest BCUT2D eigenvalue weighted by Crippen LogP contribution is 2.22. The van der Waals surface area contributed by atoms with Crippen LogP contribution in [0.2, 0.25) is 0 Å². The van der Waals surface area contributed by atoms with Crippen LogP contribution in [0.3, 0.4) is 0 Å². The molecule has 0 unspecified atom stereocenters. The van der Waals surface area contributed by atoms with E-state index in [4.69, 9.17) is 0 Å². The lowest BCUT2D eigenvalue weighted by molar-refractivity contribution is 0.0653. The van der Waals surface area contributed by atoms with Gasteiger partial charge in [-0.2, -0.15) is 0 Å². The van der Waals surface area contributed by atoms with E-state index in [0.717, 1.165) is 19.3 Å². The molecule has 0 spiro atoms. The highest BCUT2D eigenvalue weighted by atomic mass is 16.2. The van der Waals surface area contributed by atoms with Crippen molar-refractivity contribution < 1.29 is 9.59 Å². The van der Waals surface area contributed by atoms with Gasteiger partial charge in [0.05, 0.1) is 11.1 Å². The molecule has 3 nitrogen and oxygen atoms in total. The Morgan fingerprint density at radius 3 is 2.16 bits per heavy atom. The lowest BCUT2D eigenvalue weighted by Gasteiger charge is -2.12. The van der Waals surface area contributed by atoms with Crippen molar-refractivity contribution in [1.29, 1.82) is 0 Å². The van der Waals surface area contributed by atoms with E-state index in [1.807, 2.05) is 0 Å². The standard InChI is InChI=1S/C16H16NO2/c1-2-3-4-5-6-9-12-17-15(18)13-10-7-8-11-14(13)16(17)19/h7-8,10-11H,1-3,6,9,12H2. The Hall–Kier alpha value is -2.08. The summed E-state index contributed by atoms with van der Waals surface area (Å²) in [6.07, 6.45) is 3.03. The van der Waals surface area contributed by atoms with Gasteiger partial charge in [-0.1, -0.05) is 19.1 Å². The number of amides is 2. The summed E-state index contributed by atoms with van der Waals surface area (Å²) in [5.41, 5.74) is 1.02.